The molecular weight excluding hydrogens is 304 g/mol. The van der Waals surface area contributed by atoms with E-state index in [-0.39, 0.29) is 18.7 Å². The number of hydrogen-bond donors (Lipinski definition) is 1. The van der Waals surface area contributed by atoms with Crippen molar-refractivity contribution in [3.63, 3.8) is 0 Å². The zero-order valence-corrected chi connectivity index (χ0v) is 13.5. The Bertz CT molecular complexity index is 607. The lowest BCUT2D eigenvalue weighted by atomic mass is 10.1. The Hall–Kier alpha value is -2.37. The summed E-state index contributed by atoms with van der Waals surface area (Å²) in [6.45, 7) is 1.54. The van der Waals surface area contributed by atoms with E-state index in [4.69, 9.17) is 4.74 Å². The smallest absolute Gasteiger partial charge is 0.329 e. The van der Waals surface area contributed by atoms with Gasteiger partial charge in [-0.25, -0.2) is 4.79 Å². The molecule has 126 valence electrons. The number of nitrogens with zero attached hydrogens (tertiary/aromatic N) is 2. The minimum atomic E-state index is -0.105. The maximum atomic E-state index is 13.3. The Kier molecular flexibility index (Phi) is 5.46. The van der Waals surface area contributed by atoms with Gasteiger partial charge in [-0.3, -0.25) is 4.90 Å². The summed E-state index contributed by atoms with van der Waals surface area (Å²) in [7, 11) is 0. The number of aliphatic hydroxyl groups is 1. The first-order valence-electron chi connectivity index (χ1n) is 8.20. The lowest BCUT2D eigenvalue weighted by Gasteiger charge is -2.38. The second-order valence-corrected chi connectivity index (χ2v) is 5.72. The van der Waals surface area contributed by atoms with Gasteiger partial charge in [-0.2, -0.15) is 0 Å². The van der Waals surface area contributed by atoms with Crippen LogP contribution in [0.5, 0.6) is 0 Å². The molecule has 5 heteroatoms. The van der Waals surface area contributed by atoms with E-state index >= 15 is 0 Å². The van der Waals surface area contributed by atoms with Crippen molar-refractivity contribution in [2.45, 2.75) is 12.5 Å². The molecule has 1 heterocycles. The number of anilines is 2. The quantitative estimate of drug-likeness (QED) is 0.939. The number of urea groups is 1. The number of para-hydroxylation sites is 2. The van der Waals surface area contributed by atoms with Gasteiger partial charge in [0.05, 0.1) is 30.6 Å². The van der Waals surface area contributed by atoms with Crippen LogP contribution in [0, 0.1) is 0 Å². The van der Waals surface area contributed by atoms with Crippen LogP contribution in [0.4, 0.5) is 16.2 Å². The van der Waals surface area contributed by atoms with Crippen LogP contribution in [0.15, 0.2) is 60.7 Å². The molecule has 0 aromatic heterocycles. The molecule has 1 fully saturated rings. The summed E-state index contributed by atoms with van der Waals surface area (Å²) in [5, 5.41) is 9.28. The topological polar surface area (TPSA) is 53.0 Å². The van der Waals surface area contributed by atoms with Crippen LogP contribution in [0.3, 0.4) is 0 Å². The third kappa shape index (κ3) is 3.58. The molecule has 1 aliphatic rings. The number of ether oxygens (including phenoxy) is 1. The van der Waals surface area contributed by atoms with E-state index in [0.717, 1.165) is 11.4 Å². The molecule has 2 aromatic rings. The number of carbonyl (C=O) groups excluding carboxylic acids is 1. The fraction of sp³-hybridized carbons (Fsp3) is 0.316. The highest BCUT2D eigenvalue weighted by Crippen LogP contribution is 2.28. The van der Waals surface area contributed by atoms with Crippen molar-refractivity contribution in [3.8, 4) is 0 Å². The minimum absolute atomic E-state index is 0.0362. The predicted molar refractivity (Wildman–Crippen MR) is 93.4 cm³/mol. The molecule has 24 heavy (non-hydrogen) atoms. The number of aliphatic hydroxyl groups excluding tert-OH is 1. The lowest BCUT2D eigenvalue weighted by molar-refractivity contribution is 0.00631. The van der Waals surface area contributed by atoms with E-state index in [1.54, 1.807) is 9.80 Å². The molecule has 1 saturated heterocycles. The molecule has 1 atom stereocenters. The van der Waals surface area contributed by atoms with Crippen LogP contribution in [-0.2, 0) is 4.74 Å². The predicted octanol–water partition coefficient (Wildman–Crippen LogP) is 3.03. The van der Waals surface area contributed by atoms with Crippen LogP contribution in [0.2, 0.25) is 0 Å². The van der Waals surface area contributed by atoms with Crippen molar-refractivity contribution in [1.82, 2.24) is 4.90 Å². The zero-order valence-electron chi connectivity index (χ0n) is 13.5. The molecular formula is C19H22N2O3. The molecule has 2 amide bonds. The van der Waals surface area contributed by atoms with Crippen molar-refractivity contribution in [1.29, 1.82) is 0 Å². The summed E-state index contributed by atoms with van der Waals surface area (Å²) in [5.41, 5.74) is 1.64. The molecule has 3 rings (SSSR count). The van der Waals surface area contributed by atoms with Crippen LogP contribution in [0.25, 0.3) is 0 Å². The van der Waals surface area contributed by atoms with Gasteiger partial charge in [0.2, 0.25) is 0 Å². The normalized spacial score (nSPS) is 17.5. The molecule has 0 saturated carbocycles. The number of carbonyl (C=O) groups is 1. The van der Waals surface area contributed by atoms with Gasteiger partial charge in [-0.1, -0.05) is 36.4 Å². The summed E-state index contributed by atoms with van der Waals surface area (Å²) in [6.07, 6.45) is 0.517. The third-order valence-electron chi connectivity index (χ3n) is 4.16. The zero-order chi connectivity index (χ0) is 16.8. The van der Waals surface area contributed by atoms with E-state index in [2.05, 4.69) is 0 Å². The van der Waals surface area contributed by atoms with Crippen molar-refractivity contribution in [2.75, 3.05) is 31.3 Å². The van der Waals surface area contributed by atoms with Crippen molar-refractivity contribution >= 4 is 17.4 Å². The van der Waals surface area contributed by atoms with Gasteiger partial charge in [-0.05, 0) is 30.7 Å². The van der Waals surface area contributed by atoms with Crippen molar-refractivity contribution in [2.24, 2.45) is 0 Å². The third-order valence-corrected chi connectivity index (χ3v) is 4.16. The van der Waals surface area contributed by atoms with E-state index < -0.39 is 0 Å². The summed E-state index contributed by atoms with van der Waals surface area (Å²) in [6, 6.07) is 19.0. The molecule has 2 aromatic carbocycles. The maximum absolute atomic E-state index is 13.3. The highest BCUT2D eigenvalue weighted by molar-refractivity contribution is 5.99. The molecule has 0 radical (unpaired) electrons. The van der Waals surface area contributed by atoms with Crippen LogP contribution in [-0.4, -0.2) is 48.4 Å². The van der Waals surface area contributed by atoms with Gasteiger partial charge in [0.1, 0.15) is 0 Å². The maximum Gasteiger partial charge on any atom is 0.329 e. The van der Waals surface area contributed by atoms with Gasteiger partial charge in [0.25, 0.3) is 0 Å². The van der Waals surface area contributed by atoms with Gasteiger partial charge in [0.15, 0.2) is 0 Å². The van der Waals surface area contributed by atoms with Crippen LogP contribution in [0.1, 0.15) is 6.42 Å². The van der Waals surface area contributed by atoms with Crippen molar-refractivity contribution < 1.29 is 14.6 Å². The molecule has 1 aliphatic heterocycles. The number of rotatable bonds is 4. The summed E-state index contributed by atoms with van der Waals surface area (Å²) in [5.74, 6) is 0. The van der Waals surface area contributed by atoms with Crippen LogP contribution < -0.4 is 4.90 Å². The van der Waals surface area contributed by atoms with Gasteiger partial charge in [0, 0.05) is 13.2 Å². The van der Waals surface area contributed by atoms with Gasteiger partial charge >= 0.3 is 6.03 Å². The second kappa shape index (κ2) is 7.95. The Labute approximate surface area is 142 Å². The monoisotopic (exact) mass is 326 g/mol. The number of benzene rings is 2. The Morgan fingerprint density at radius 2 is 1.67 bits per heavy atom. The summed E-state index contributed by atoms with van der Waals surface area (Å²) in [4.78, 5) is 16.8. The largest absolute Gasteiger partial charge is 0.396 e. The number of amides is 2. The minimum Gasteiger partial charge on any atom is -0.396 e. The first-order chi connectivity index (χ1) is 11.8. The van der Waals surface area contributed by atoms with Crippen molar-refractivity contribution in [3.05, 3.63) is 60.7 Å². The molecule has 5 nitrogen and oxygen atoms in total. The fourth-order valence-corrected chi connectivity index (χ4v) is 2.95. The highest BCUT2D eigenvalue weighted by Gasteiger charge is 2.31. The first kappa shape index (κ1) is 16.5. The number of morpholine rings is 1. The average molecular weight is 326 g/mol. The van der Waals surface area contributed by atoms with Crippen LogP contribution >= 0.6 is 0 Å². The second-order valence-electron chi connectivity index (χ2n) is 5.72. The van der Waals surface area contributed by atoms with Gasteiger partial charge < -0.3 is 14.7 Å². The van der Waals surface area contributed by atoms with E-state index in [9.17, 15) is 9.90 Å². The standard InChI is InChI=1S/C19H22N2O3/c22-13-11-18-15-24-14-12-20(18)19(23)21(16-7-3-1-4-8-16)17-9-5-2-6-10-17/h1-10,18,22H,11-15H2. The van der Waals surface area contributed by atoms with E-state index in [0.29, 0.717) is 26.2 Å². The molecule has 0 aliphatic carbocycles. The SMILES string of the molecule is O=C(N(c1ccccc1)c1ccccc1)N1CCOCC1CCO. The summed E-state index contributed by atoms with van der Waals surface area (Å²) < 4.78 is 5.48. The van der Waals surface area contributed by atoms with Gasteiger partial charge in [-0.15, -0.1) is 0 Å². The molecule has 1 N–H and O–H groups in total. The van der Waals surface area contributed by atoms with E-state index in [1.807, 2.05) is 60.7 Å². The number of hydrogen-bond acceptors (Lipinski definition) is 3. The average Bonchev–Trinajstić information content (AvgIpc) is 2.64. The molecule has 0 spiro atoms. The van der Waals surface area contributed by atoms with E-state index in [1.165, 1.54) is 0 Å². The fourth-order valence-electron chi connectivity index (χ4n) is 2.95. The lowest BCUT2D eigenvalue weighted by Crippen LogP contribution is -2.53. The molecule has 1 unspecified atom stereocenters. The first-order valence-corrected chi connectivity index (χ1v) is 8.20. The highest BCUT2D eigenvalue weighted by atomic mass is 16.5. The Morgan fingerprint density at radius 1 is 1.08 bits per heavy atom. The summed E-state index contributed by atoms with van der Waals surface area (Å²) >= 11 is 0. The Balaban J connectivity index is 1.94. The Morgan fingerprint density at radius 3 is 2.21 bits per heavy atom. The molecule has 0 bridgehead atoms.